The summed E-state index contributed by atoms with van der Waals surface area (Å²) in [6.07, 6.45) is 0. The Bertz CT molecular complexity index is 369. The summed E-state index contributed by atoms with van der Waals surface area (Å²) in [5.74, 6) is -1.26. The molecule has 0 spiro atoms. The Morgan fingerprint density at radius 2 is 1.95 bits per heavy atom. The fourth-order valence-corrected chi connectivity index (χ4v) is 2.79. The molecule has 2 N–H and O–H groups in total. The molecule has 0 aromatic heterocycles. The van der Waals surface area contributed by atoms with Crippen LogP contribution in [0.15, 0.2) is 0 Å². The molecule has 2 unspecified atom stereocenters. The number of nitrogens with one attached hydrogen (secondary N) is 1. The van der Waals surface area contributed by atoms with Gasteiger partial charge in [0.1, 0.15) is 0 Å². The maximum atomic E-state index is 12.1. The van der Waals surface area contributed by atoms with Crippen LogP contribution < -0.4 is 5.32 Å². The van der Waals surface area contributed by atoms with Crippen LogP contribution in [-0.4, -0.2) is 67.2 Å². The number of rotatable bonds is 5. The van der Waals surface area contributed by atoms with Crippen LogP contribution in [0.25, 0.3) is 0 Å². The summed E-state index contributed by atoms with van der Waals surface area (Å²) in [5.41, 5.74) is -0.0172. The quantitative estimate of drug-likeness (QED) is 0.788. The molecule has 0 bridgehead atoms. The predicted molar refractivity (Wildman–Crippen MR) is 77.6 cm³/mol. The maximum absolute atomic E-state index is 12.1. The van der Waals surface area contributed by atoms with Crippen molar-refractivity contribution in [1.82, 2.24) is 15.1 Å². The van der Waals surface area contributed by atoms with Gasteiger partial charge in [0, 0.05) is 26.2 Å². The van der Waals surface area contributed by atoms with Crippen molar-refractivity contribution in [2.45, 2.75) is 20.8 Å². The lowest BCUT2D eigenvalue weighted by Crippen LogP contribution is -2.45. The molecule has 1 rings (SSSR count). The highest BCUT2D eigenvalue weighted by molar-refractivity contribution is 5.77. The third-order valence-corrected chi connectivity index (χ3v) is 3.68. The first kappa shape index (κ1) is 16.8. The van der Waals surface area contributed by atoms with Gasteiger partial charge in [-0.2, -0.15) is 0 Å². The number of carboxylic acid groups (broad SMARTS) is 1. The number of likely N-dealkylation sites (tertiary alicyclic amines) is 1. The highest BCUT2D eigenvalue weighted by Gasteiger charge is 2.37. The van der Waals surface area contributed by atoms with E-state index in [2.05, 4.69) is 24.1 Å². The summed E-state index contributed by atoms with van der Waals surface area (Å²) in [4.78, 5) is 26.8. The van der Waals surface area contributed by atoms with Crippen LogP contribution in [-0.2, 0) is 4.79 Å². The Labute approximate surface area is 121 Å². The first-order valence-electron chi connectivity index (χ1n) is 7.03. The zero-order chi connectivity index (χ0) is 15.5. The van der Waals surface area contributed by atoms with Gasteiger partial charge in [0.25, 0.3) is 0 Å². The Balaban J connectivity index is 2.47. The molecule has 0 saturated carbocycles. The van der Waals surface area contributed by atoms with E-state index in [-0.39, 0.29) is 17.4 Å². The van der Waals surface area contributed by atoms with E-state index in [4.69, 9.17) is 5.11 Å². The zero-order valence-electron chi connectivity index (χ0n) is 13.1. The van der Waals surface area contributed by atoms with Gasteiger partial charge in [-0.3, -0.25) is 4.79 Å². The molecule has 0 radical (unpaired) electrons. The summed E-state index contributed by atoms with van der Waals surface area (Å²) >= 11 is 0. The summed E-state index contributed by atoms with van der Waals surface area (Å²) in [7, 11) is 4.01. The fourth-order valence-electron chi connectivity index (χ4n) is 2.79. The fraction of sp³-hybridized carbons (Fsp3) is 0.857. The van der Waals surface area contributed by atoms with Crippen molar-refractivity contribution in [2.75, 3.05) is 40.3 Å². The van der Waals surface area contributed by atoms with Gasteiger partial charge in [-0.05, 0) is 25.4 Å². The highest BCUT2D eigenvalue weighted by Crippen LogP contribution is 2.23. The van der Waals surface area contributed by atoms with Crippen LogP contribution in [0.3, 0.4) is 0 Å². The van der Waals surface area contributed by atoms with Crippen LogP contribution >= 0.6 is 0 Å². The van der Waals surface area contributed by atoms with Gasteiger partial charge >= 0.3 is 12.0 Å². The minimum atomic E-state index is -0.819. The standard InChI is InChI=1S/C14H27N3O3/c1-10-6-17(7-11(10)12(18)19)13(20)15-8-14(2,3)9-16(4)5/h10-11H,6-9H2,1-5H3,(H,15,20)(H,18,19). The van der Waals surface area contributed by atoms with E-state index < -0.39 is 11.9 Å². The van der Waals surface area contributed by atoms with Crippen molar-refractivity contribution in [2.24, 2.45) is 17.3 Å². The molecule has 0 aromatic rings. The Morgan fingerprint density at radius 3 is 2.40 bits per heavy atom. The molecule has 1 fully saturated rings. The summed E-state index contributed by atoms with van der Waals surface area (Å²) in [6.45, 7) is 8.34. The molecule has 1 saturated heterocycles. The van der Waals surface area contributed by atoms with E-state index in [1.165, 1.54) is 0 Å². The van der Waals surface area contributed by atoms with Gasteiger partial charge in [0.2, 0.25) is 0 Å². The number of aliphatic carboxylic acids is 1. The van der Waals surface area contributed by atoms with Crippen LogP contribution in [0.4, 0.5) is 4.79 Å². The number of urea groups is 1. The van der Waals surface area contributed by atoms with E-state index in [0.29, 0.717) is 19.6 Å². The van der Waals surface area contributed by atoms with Crippen LogP contribution in [0.1, 0.15) is 20.8 Å². The largest absolute Gasteiger partial charge is 0.481 e. The Kier molecular flexibility index (Phi) is 5.39. The van der Waals surface area contributed by atoms with Gasteiger partial charge in [-0.15, -0.1) is 0 Å². The second-order valence-electron chi connectivity index (χ2n) is 6.89. The molecule has 0 aliphatic carbocycles. The van der Waals surface area contributed by atoms with Crippen molar-refractivity contribution in [3.8, 4) is 0 Å². The zero-order valence-corrected chi connectivity index (χ0v) is 13.1. The van der Waals surface area contributed by atoms with Crippen molar-refractivity contribution in [3.63, 3.8) is 0 Å². The number of hydrogen-bond donors (Lipinski definition) is 2. The minimum Gasteiger partial charge on any atom is -0.481 e. The van der Waals surface area contributed by atoms with E-state index in [9.17, 15) is 9.59 Å². The van der Waals surface area contributed by atoms with E-state index in [0.717, 1.165) is 6.54 Å². The number of nitrogens with zero attached hydrogens (tertiary/aromatic N) is 2. The van der Waals surface area contributed by atoms with Gasteiger partial charge < -0.3 is 20.2 Å². The van der Waals surface area contributed by atoms with Crippen molar-refractivity contribution >= 4 is 12.0 Å². The number of carbonyl (C=O) groups excluding carboxylic acids is 1. The minimum absolute atomic E-state index is 0.00744. The lowest BCUT2D eigenvalue weighted by molar-refractivity contribution is -0.142. The van der Waals surface area contributed by atoms with Crippen LogP contribution in [0.5, 0.6) is 0 Å². The van der Waals surface area contributed by atoms with Gasteiger partial charge in [0.15, 0.2) is 0 Å². The van der Waals surface area contributed by atoms with E-state index >= 15 is 0 Å². The molecule has 2 amide bonds. The highest BCUT2D eigenvalue weighted by atomic mass is 16.4. The number of amides is 2. The number of carbonyl (C=O) groups is 2. The molecule has 6 nitrogen and oxygen atoms in total. The summed E-state index contributed by atoms with van der Waals surface area (Å²) < 4.78 is 0. The lowest BCUT2D eigenvalue weighted by Gasteiger charge is -2.29. The molecule has 1 heterocycles. The average molecular weight is 285 g/mol. The number of carboxylic acids is 1. The lowest BCUT2D eigenvalue weighted by atomic mass is 9.93. The Morgan fingerprint density at radius 1 is 1.35 bits per heavy atom. The monoisotopic (exact) mass is 285 g/mol. The molecule has 2 atom stereocenters. The molecular formula is C14H27N3O3. The van der Waals surface area contributed by atoms with Crippen molar-refractivity contribution in [1.29, 1.82) is 0 Å². The van der Waals surface area contributed by atoms with Crippen molar-refractivity contribution in [3.05, 3.63) is 0 Å². The van der Waals surface area contributed by atoms with Gasteiger partial charge in [0.05, 0.1) is 5.92 Å². The van der Waals surface area contributed by atoms with E-state index in [1.54, 1.807) is 4.90 Å². The number of hydrogen-bond acceptors (Lipinski definition) is 3. The second-order valence-corrected chi connectivity index (χ2v) is 6.89. The first-order valence-corrected chi connectivity index (χ1v) is 7.03. The Hall–Kier alpha value is -1.30. The molecule has 116 valence electrons. The second kappa shape index (κ2) is 6.43. The first-order chi connectivity index (χ1) is 9.12. The normalized spacial score (nSPS) is 23.2. The predicted octanol–water partition coefficient (Wildman–Crippen LogP) is 0.936. The molecule has 6 heteroatoms. The topological polar surface area (TPSA) is 72.9 Å². The molecule has 1 aliphatic rings. The summed E-state index contributed by atoms with van der Waals surface area (Å²) in [5, 5.41) is 12.0. The maximum Gasteiger partial charge on any atom is 0.317 e. The van der Waals surface area contributed by atoms with E-state index in [1.807, 2.05) is 21.0 Å². The smallest absolute Gasteiger partial charge is 0.317 e. The molecule has 1 aliphatic heterocycles. The van der Waals surface area contributed by atoms with Crippen LogP contribution in [0.2, 0.25) is 0 Å². The van der Waals surface area contributed by atoms with Gasteiger partial charge in [-0.1, -0.05) is 20.8 Å². The average Bonchev–Trinajstić information content (AvgIpc) is 2.66. The third-order valence-electron chi connectivity index (χ3n) is 3.68. The van der Waals surface area contributed by atoms with Crippen molar-refractivity contribution < 1.29 is 14.7 Å². The molecular weight excluding hydrogens is 258 g/mol. The summed E-state index contributed by atoms with van der Waals surface area (Å²) in [6, 6.07) is -0.160. The molecule has 20 heavy (non-hydrogen) atoms. The third kappa shape index (κ3) is 4.67. The molecule has 0 aromatic carbocycles. The van der Waals surface area contributed by atoms with Crippen LogP contribution in [0, 0.1) is 17.3 Å². The SMILES string of the molecule is CC1CN(C(=O)NCC(C)(C)CN(C)C)CC1C(=O)O. The van der Waals surface area contributed by atoms with Gasteiger partial charge in [-0.25, -0.2) is 4.79 Å².